The second kappa shape index (κ2) is 7.16. The molecular formula is C17H20ClN7O2. The van der Waals surface area contributed by atoms with Crippen molar-refractivity contribution in [2.24, 2.45) is 0 Å². The van der Waals surface area contributed by atoms with Crippen LogP contribution in [0.15, 0.2) is 24.5 Å². The van der Waals surface area contributed by atoms with Crippen molar-refractivity contribution >= 4 is 40.2 Å². The van der Waals surface area contributed by atoms with Gasteiger partial charge in [0.25, 0.3) is 5.69 Å². The maximum Gasteiger partial charge on any atom is 0.271 e. The molecule has 1 saturated carbocycles. The Bertz CT molecular complexity index is 866. The summed E-state index contributed by atoms with van der Waals surface area (Å²) in [5.41, 5.74) is 7.60. The maximum absolute atomic E-state index is 11.2. The lowest BCUT2D eigenvalue weighted by Gasteiger charge is -2.37. The molecular weight excluding hydrogens is 370 g/mol. The number of nitrogen functional groups attached to an aromatic ring is 1. The third-order valence-corrected chi connectivity index (χ3v) is 5.30. The molecule has 0 atom stereocenters. The highest BCUT2D eigenvalue weighted by Crippen LogP contribution is 2.36. The molecule has 2 aliphatic rings. The van der Waals surface area contributed by atoms with Gasteiger partial charge in [0.05, 0.1) is 16.3 Å². The van der Waals surface area contributed by atoms with Gasteiger partial charge < -0.3 is 16.0 Å². The zero-order chi connectivity index (χ0) is 19.0. The molecule has 1 aliphatic carbocycles. The van der Waals surface area contributed by atoms with Gasteiger partial charge in [0.15, 0.2) is 11.0 Å². The molecule has 2 aromatic rings. The number of aromatic nitrogens is 2. The maximum atomic E-state index is 11.2. The van der Waals surface area contributed by atoms with Gasteiger partial charge in [-0.05, 0) is 18.9 Å². The Labute approximate surface area is 161 Å². The summed E-state index contributed by atoms with van der Waals surface area (Å²) in [5.74, 6) is 0.327. The van der Waals surface area contributed by atoms with Gasteiger partial charge in [0.1, 0.15) is 12.0 Å². The van der Waals surface area contributed by atoms with E-state index in [1.165, 1.54) is 31.3 Å². The number of nitrogens with zero attached hydrogens (tertiary/aromatic N) is 5. The van der Waals surface area contributed by atoms with Gasteiger partial charge in [-0.15, -0.1) is 0 Å². The lowest BCUT2D eigenvalue weighted by molar-refractivity contribution is -0.384. The van der Waals surface area contributed by atoms with Crippen LogP contribution in [0.4, 0.5) is 28.6 Å². The molecule has 0 radical (unpaired) electrons. The second-order valence-electron chi connectivity index (χ2n) is 6.76. The summed E-state index contributed by atoms with van der Waals surface area (Å²) >= 11 is 5.96. The second-order valence-corrected chi connectivity index (χ2v) is 7.12. The number of nitro benzene ring substituents is 1. The first kappa shape index (κ1) is 17.7. The molecule has 9 nitrogen and oxygen atoms in total. The molecule has 0 spiro atoms. The van der Waals surface area contributed by atoms with Crippen LogP contribution in [-0.2, 0) is 0 Å². The summed E-state index contributed by atoms with van der Waals surface area (Å²) in [4.78, 5) is 23.5. The Kier molecular flexibility index (Phi) is 4.71. The highest BCUT2D eigenvalue weighted by molar-refractivity contribution is 6.32. The predicted octanol–water partition coefficient (Wildman–Crippen LogP) is 2.65. The SMILES string of the molecule is Nc1c(Cl)ncnc1Nc1cc([N+](=O)[O-])ccc1N1CCN(C2CC2)CC1. The molecule has 0 bridgehead atoms. The number of piperazine rings is 1. The molecule has 1 saturated heterocycles. The number of benzene rings is 1. The van der Waals surface area contributed by atoms with Gasteiger partial charge in [-0.25, -0.2) is 9.97 Å². The third-order valence-electron chi connectivity index (χ3n) is 5.00. The molecule has 10 heteroatoms. The summed E-state index contributed by atoms with van der Waals surface area (Å²) in [6.45, 7) is 3.71. The van der Waals surface area contributed by atoms with E-state index in [4.69, 9.17) is 17.3 Å². The van der Waals surface area contributed by atoms with Crippen molar-refractivity contribution in [1.82, 2.24) is 14.9 Å². The van der Waals surface area contributed by atoms with Crippen molar-refractivity contribution in [3.8, 4) is 0 Å². The number of non-ortho nitro benzene ring substituents is 1. The molecule has 1 aliphatic heterocycles. The van der Waals surface area contributed by atoms with E-state index in [0.717, 1.165) is 37.9 Å². The number of rotatable bonds is 5. The van der Waals surface area contributed by atoms with Gasteiger partial charge in [-0.1, -0.05) is 11.6 Å². The zero-order valence-electron chi connectivity index (χ0n) is 14.6. The molecule has 3 N–H and O–H groups in total. The van der Waals surface area contributed by atoms with Gasteiger partial charge in [-0.2, -0.15) is 0 Å². The number of nitro groups is 1. The smallest absolute Gasteiger partial charge is 0.271 e. The Balaban J connectivity index is 1.62. The predicted molar refractivity (Wildman–Crippen MR) is 105 cm³/mol. The molecule has 1 aromatic heterocycles. The van der Waals surface area contributed by atoms with Crippen LogP contribution in [0.2, 0.25) is 5.15 Å². The summed E-state index contributed by atoms with van der Waals surface area (Å²) < 4.78 is 0. The van der Waals surface area contributed by atoms with Crippen LogP contribution in [0, 0.1) is 10.1 Å². The Morgan fingerprint density at radius 1 is 1.22 bits per heavy atom. The highest BCUT2D eigenvalue weighted by Gasteiger charge is 2.31. The molecule has 2 fully saturated rings. The average molecular weight is 390 g/mol. The average Bonchev–Trinajstić information content (AvgIpc) is 3.51. The fourth-order valence-corrected chi connectivity index (χ4v) is 3.52. The fourth-order valence-electron chi connectivity index (χ4n) is 3.38. The Morgan fingerprint density at radius 3 is 2.63 bits per heavy atom. The standard InChI is InChI=1S/C17H20ClN7O2/c18-16-15(19)17(21-10-20-16)22-13-9-12(25(26)27)3-4-14(13)24-7-5-23(6-8-24)11-1-2-11/h3-4,9-11H,1-2,5-8,19H2,(H,20,21,22). The minimum atomic E-state index is -0.420. The van der Waals surface area contributed by atoms with Crippen molar-refractivity contribution in [3.63, 3.8) is 0 Å². The van der Waals surface area contributed by atoms with Crippen LogP contribution in [0.25, 0.3) is 0 Å². The van der Waals surface area contributed by atoms with Gasteiger partial charge in [-0.3, -0.25) is 15.0 Å². The van der Waals surface area contributed by atoms with Crippen LogP contribution < -0.4 is 16.0 Å². The van der Waals surface area contributed by atoms with Crippen LogP contribution >= 0.6 is 11.6 Å². The summed E-state index contributed by atoms with van der Waals surface area (Å²) in [7, 11) is 0. The van der Waals surface area contributed by atoms with Gasteiger partial charge in [0.2, 0.25) is 0 Å². The number of anilines is 4. The minimum Gasteiger partial charge on any atom is -0.393 e. The molecule has 27 heavy (non-hydrogen) atoms. The summed E-state index contributed by atoms with van der Waals surface area (Å²) in [6.07, 6.45) is 3.88. The minimum absolute atomic E-state index is 0.00316. The fraction of sp³-hybridized carbons (Fsp3) is 0.412. The number of hydrogen-bond acceptors (Lipinski definition) is 8. The molecule has 2 heterocycles. The van der Waals surface area contributed by atoms with Crippen molar-refractivity contribution in [2.45, 2.75) is 18.9 Å². The summed E-state index contributed by atoms with van der Waals surface area (Å²) in [6, 6.07) is 5.53. The van der Waals surface area contributed by atoms with Crippen LogP contribution in [0.3, 0.4) is 0 Å². The molecule has 0 amide bonds. The lowest BCUT2D eigenvalue weighted by Crippen LogP contribution is -2.47. The topological polar surface area (TPSA) is 113 Å². The number of nitrogens with two attached hydrogens (primary N) is 1. The summed E-state index contributed by atoms with van der Waals surface area (Å²) in [5, 5.41) is 14.5. The number of halogens is 1. The van der Waals surface area contributed by atoms with Crippen molar-refractivity contribution < 1.29 is 4.92 Å². The van der Waals surface area contributed by atoms with Crippen molar-refractivity contribution in [2.75, 3.05) is 42.1 Å². The molecule has 4 rings (SSSR count). The van der Waals surface area contributed by atoms with Gasteiger partial charge >= 0.3 is 0 Å². The van der Waals surface area contributed by atoms with Crippen LogP contribution in [0.1, 0.15) is 12.8 Å². The van der Waals surface area contributed by atoms with E-state index in [-0.39, 0.29) is 16.5 Å². The van der Waals surface area contributed by atoms with E-state index < -0.39 is 4.92 Å². The van der Waals surface area contributed by atoms with E-state index in [2.05, 4.69) is 25.1 Å². The normalized spacial score (nSPS) is 17.7. The van der Waals surface area contributed by atoms with E-state index in [1.807, 2.05) is 0 Å². The first-order valence-electron chi connectivity index (χ1n) is 8.83. The van der Waals surface area contributed by atoms with Crippen LogP contribution in [-0.4, -0.2) is 52.0 Å². The number of hydrogen-bond donors (Lipinski definition) is 2. The van der Waals surface area contributed by atoms with Crippen LogP contribution in [0.5, 0.6) is 0 Å². The Hall–Kier alpha value is -2.65. The van der Waals surface area contributed by atoms with E-state index in [0.29, 0.717) is 11.5 Å². The quantitative estimate of drug-likeness (QED) is 0.455. The molecule has 1 aromatic carbocycles. The lowest BCUT2D eigenvalue weighted by atomic mass is 10.2. The van der Waals surface area contributed by atoms with E-state index in [1.54, 1.807) is 6.07 Å². The monoisotopic (exact) mass is 389 g/mol. The van der Waals surface area contributed by atoms with E-state index >= 15 is 0 Å². The largest absolute Gasteiger partial charge is 0.393 e. The highest BCUT2D eigenvalue weighted by atomic mass is 35.5. The Morgan fingerprint density at radius 2 is 1.96 bits per heavy atom. The molecule has 0 unspecified atom stereocenters. The first-order valence-corrected chi connectivity index (χ1v) is 9.21. The van der Waals surface area contributed by atoms with E-state index in [9.17, 15) is 10.1 Å². The number of nitrogens with one attached hydrogen (secondary N) is 1. The van der Waals surface area contributed by atoms with Crippen molar-refractivity contribution in [1.29, 1.82) is 0 Å². The molecule has 142 valence electrons. The van der Waals surface area contributed by atoms with Crippen molar-refractivity contribution in [3.05, 3.63) is 39.8 Å². The zero-order valence-corrected chi connectivity index (χ0v) is 15.4. The first-order chi connectivity index (χ1) is 13.0. The third kappa shape index (κ3) is 3.74. The van der Waals surface area contributed by atoms with Gasteiger partial charge in [0, 0.05) is 44.4 Å².